The Morgan fingerprint density at radius 1 is 1.33 bits per heavy atom. The maximum atomic E-state index is 12.2. The van der Waals surface area contributed by atoms with E-state index in [1.165, 1.54) is 4.90 Å². The third kappa shape index (κ3) is 2.44. The van der Waals surface area contributed by atoms with Gasteiger partial charge < -0.3 is 10.2 Å². The van der Waals surface area contributed by atoms with Gasteiger partial charge in [-0.2, -0.15) is 0 Å². The van der Waals surface area contributed by atoms with E-state index in [1.54, 1.807) is 25.1 Å². The van der Waals surface area contributed by atoms with Crippen LogP contribution in [0.2, 0.25) is 10.0 Å². The summed E-state index contributed by atoms with van der Waals surface area (Å²) in [6.45, 7) is 1.95. The average Bonchev–Trinajstić information content (AvgIpc) is 2.44. The molecular formula is C12H12Cl2N2O2. The summed E-state index contributed by atoms with van der Waals surface area (Å²) in [5.41, 5.74) is 0.539. The van der Waals surface area contributed by atoms with Crippen molar-refractivity contribution in [2.24, 2.45) is 0 Å². The van der Waals surface area contributed by atoms with Crippen molar-refractivity contribution in [2.75, 3.05) is 11.4 Å². The van der Waals surface area contributed by atoms with Crippen LogP contribution in [-0.2, 0) is 9.59 Å². The second-order valence-electron chi connectivity index (χ2n) is 4.10. The normalized spacial score (nSPS) is 20.6. The molecule has 0 spiro atoms. The fraction of sp³-hybridized carbons (Fsp3) is 0.333. The minimum Gasteiger partial charge on any atom is -0.345 e. The molecule has 1 N–H and O–H groups in total. The second kappa shape index (κ2) is 5.16. The molecule has 96 valence electrons. The average molecular weight is 287 g/mol. The first-order valence-electron chi connectivity index (χ1n) is 5.55. The van der Waals surface area contributed by atoms with Crippen molar-refractivity contribution in [1.82, 2.24) is 5.32 Å². The van der Waals surface area contributed by atoms with Gasteiger partial charge in [-0.15, -0.1) is 0 Å². The zero-order valence-electron chi connectivity index (χ0n) is 9.74. The number of nitrogens with zero attached hydrogens (tertiary/aromatic N) is 1. The number of hydrogen-bond donors (Lipinski definition) is 1. The van der Waals surface area contributed by atoms with Gasteiger partial charge in [0.25, 0.3) is 0 Å². The van der Waals surface area contributed by atoms with Gasteiger partial charge in [0.15, 0.2) is 0 Å². The number of carbonyl (C=O) groups is 2. The number of halogens is 2. The second-order valence-corrected chi connectivity index (χ2v) is 4.89. The topological polar surface area (TPSA) is 49.4 Å². The maximum absolute atomic E-state index is 12.2. The van der Waals surface area contributed by atoms with Crippen LogP contribution >= 0.6 is 23.2 Å². The molecule has 18 heavy (non-hydrogen) atoms. The Morgan fingerprint density at radius 3 is 2.78 bits per heavy atom. The fourth-order valence-electron chi connectivity index (χ4n) is 1.87. The number of anilines is 1. The first kappa shape index (κ1) is 13.2. The Balaban J connectivity index is 2.39. The summed E-state index contributed by atoms with van der Waals surface area (Å²) in [6, 6.07) is 4.54. The van der Waals surface area contributed by atoms with Crippen LogP contribution in [0.4, 0.5) is 5.69 Å². The van der Waals surface area contributed by atoms with E-state index in [9.17, 15) is 9.59 Å². The lowest BCUT2D eigenvalue weighted by atomic mass is 10.2. The van der Waals surface area contributed by atoms with Gasteiger partial charge in [0.2, 0.25) is 11.8 Å². The highest BCUT2D eigenvalue weighted by Gasteiger charge is 2.28. The molecule has 0 radical (unpaired) electrons. The van der Waals surface area contributed by atoms with Crippen LogP contribution in [0.5, 0.6) is 0 Å². The van der Waals surface area contributed by atoms with E-state index in [1.807, 2.05) is 0 Å². The lowest BCUT2D eigenvalue weighted by Gasteiger charge is -2.23. The highest BCUT2D eigenvalue weighted by Crippen LogP contribution is 2.33. The highest BCUT2D eigenvalue weighted by atomic mass is 35.5. The van der Waals surface area contributed by atoms with Crippen molar-refractivity contribution in [1.29, 1.82) is 0 Å². The molecule has 1 fully saturated rings. The molecular weight excluding hydrogens is 275 g/mol. The lowest BCUT2D eigenvalue weighted by Crippen LogP contribution is -2.42. The zero-order chi connectivity index (χ0) is 13.3. The van der Waals surface area contributed by atoms with E-state index in [0.29, 0.717) is 22.3 Å². The molecule has 1 aliphatic rings. The standard InChI is InChI=1S/C12H12Cl2N2O2/c1-7-12(18)16(6-5-10(17)15-7)9-4-2-3-8(13)11(9)14/h2-4,7H,5-6H2,1H3,(H,15,17). The van der Waals surface area contributed by atoms with Gasteiger partial charge >= 0.3 is 0 Å². The van der Waals surface area contributed by atoms with Gasteiger partial charge in [0.1, 0.15) is 6.04 Å². The van der Waals surface area contributed by atoms with Crippen molar-refractivity contribution < 1.29 is 9.59 Å². The summed E-state index contributed by atoms with van der Waals surface area (Å²) < 4.78 is 0. The summed E-state index contributed by atoms with van der Waals surface area (Å²) in [7, 11) is 0. The smallest absolute Gasteiger partial charge is 0.249 e. The number of benzene rings is 1. The maximum Gasteiger partial charge on any atom is 0.249 e. The molecule has 0 saturated carbocycles. The summed E-state index contributed by atoms with van der Waals surface area (Å²) in [5.74, 6) is -0.332. The Bertz CT molecular complexity index is 505. The number of amides is 2. The first-order chi connectivity index (χ1) is 8.50. The number of nitrogens with one attached hydrogen (secondary N) is 1. The third-order valence-electron chi connectivity index (χ3n) is 2.80. The summed E-state index contributed by atoms with van der Waals surface area (Å²) in [4.78, 5) is 25.1. The number of rotatable bonds is 1. The van der Waals surface area contributed by atoms with Crippen molar-refractivity contribution in [3.63, 3.8) is 0 Å². The van der Waals surface area contributed by atoms with E-state index in [0.717, 1.165) is 0 Å². The molecule has 1 aromatic carbocycles. The molecule has 1 aliphatic heterocycles. The molecule has 1 atom stereocenters. The minimum absolute atomic E-state index is 0.142. The van der Waals surface area contributed by atoms with Crippen LogP contribution < -0.4 is 10.2 Å². The van der Waals surface area contributed by atoms with Crippen LogP contribution in [0.15, 0.2) is 18.2 Å². The molecule has 0 aliphatic carbocycles. The van der Waals surface area contributed by atoms with E-state index in [2.05, 4.69) is 5.32 Å². The predicted molar refractivity (Wildman–Crippen MR) is 71.0 cm³/mol. The van der Waals surface area contributed by atoms with E-state index in [4.69, 9.17) is 23.2 Å². The van der Waals surface area contributed by atoms with Crippen molar-refractivity contribution >= 4 is 40.7 Å². The Morgan fingerprint density at radius 2 is 2.06 bits per heavy atom. The van der Waals surface area contributed by atoms with Gasteiger partial charge in [-0.05, 0) is 19.1 Å². The number of carbonyl (C=O) groups excluding carboxylic acids is 2. The lowest BCUT2D eigenvalue weighted by molar-refractivity contribution is -0.125. The molecule has 1 aromatic rings. The van der Waals surface area contributed by atoms with Gasteiger partial charge in [0, 0.05) is 13.0 Å². The molecule has 0 aromatic heterocycles. The van der Waals surface area contributed by atoms with E-state index in [-0.39, 0.29) is 18.2 Å². The van der Waals surface area contributed by atoms with Crippen LogP contribution in [0, 0.1) is 0 Å². The molecule has 6 heteroatoms. The van der Waals surface area contributed by atoms with Crippen LogP contribution in [0.3, 0.4) is 0 Å². The van der Waals surface area contributed by atoms with Gasteiger partial charge in [-0.1, -0.05) is 29.3 Å². The SMILES string of the molecule is CC1NC(=O)CCN(c2cccc(Cl)c2Cl)C1=O. The van der Waals surface area contributed by atoms with Gasteiger partial charge in [0.05, 0.1) is 15.7 Å². The minimum atomic E-state index is -0.560. The molecule has 1 heterocycles. The number of hydrogen-bond acceptors (Lipinski definition) is 2. The molecule has 0 bridgehead atoms. The van der Waals surface area contributed by atoms with Gasteiger partial charge in [-0.25, -0.2) is 0 Å². The molecule has 2 rings (SSSR count). The Hall–Kier alpha value is -1.26. The molecule has 1 saturated heterocycles. The largest absolute Gasteiger partial charge is 0.345 e. The van der Waals surface area contributed by atoms with Crippen LogP contribution in [0.1, 0.15) is 13.3 Å². The van der Waals surface area contributed by atoms with Crippen molar-refractivity contribution in [3.8, 4) is 0 Å². The summed E-state index contributed by atoms with van der Waals surface area (Å²) in [5, 5.41) is 3.33. The quantitative estimate of drug-likeness (QED) is 0.861. The zero-order valence-corrected chi connectivity index (χ0v) is 11.3. The fourth-order valence-corrected chi connectivity index (χ4v) is 2.27. The van der Waals surface area contributed by atoms with E-state index < -0.39 is 6.04 Å². The predicted octanol–water partition coefficient (Wildman–Crippen LogP) is 2.23. The molecule has 2 amide bonds. The summed E-state index contributed by atoms with van der Waals surface area (Å²) in [6.07, 6.45) is 0.249. The van der Waals surface area contributed by atoms with Crippen LogP contribution in [0.25, 0.3) is 0 Å². The molecule has 4 nitrogen and oxygen atoms in total. The Labute approximate surface area is 115 Å². The van der Waals surface area contributed by atoms with Gasteiger partial charge in [-0.3, -0.25) is 9.59 Å². The van der Waals surface area contributed by atoms with Crippen molar-refractivity contribution in [3.05, 3.63) is 28.2 Å². The highest BCUT2D eigenvalue weighted by molar-refractivity contribution is 6.44. The Kier molecular flexibility index (Phi) is 3.78. The summed E-state index contributed by atoms with van der Waals surface area (Å²) >= 11 is 12.0. The monoisotopic (exact) mass is 286 g/mol. The third-order valence-corrected chi connectivity index (χ3v) is 3.61. The van der Waals surface area contributed by atoms with E-state index >= 15 is 0 Å². The first-order valence-corrected chi connectivity index (χ1v) is 6.31. The van der Waals surface area contributed by atoms with Crippen molar-refractivity contribution in [2.45, 2.75) is 19.4 Å². The molecule has 1 unspecified atom stereocenters. The van der Waals surface area contributed by atoms with Crippen LogP contribution in [-0.4, -0.2) is 24.4 Å².